The lowest BCUT2D eigenvalue weighted by molar-refractivity contribution is 0.369. The minimum atomic E-state index is -0.853. The van der Waals surface area contributed by atoms with Gasteiger partial charge in [-0.25, -0.2) is 9.37 Å². The third-order valence-electron chi connectivity index (χ3n) is 4.25. The van der Waals surface area contributed by atoms with E-state index in [1.807, 2.05) is 6.92 Å². The third kappa shape index (κ3) is 3.56. The molecule has 0 unspecified atom stereocenters. The predicted octanol–water partition coefficient (Wildman–Crippen LogP) is 3.46. The molecule has 150 valence electrons. The second kappa shape index (κ2) is 7.74. The summed E-state index contributed by atoms with van der Waals surface area (Å²) in [7, 11) is 1.56. The Morgan fingerprint density at radius 3 is 2.83 bits per heavy atom. The van der Waals surface area contributed by atoms with Crippen LogP contribution in [0.25, 0.3) is 22.7 Å². The molecule has 4 rings (SSSR count). The number of aromatic amines is 1. The van der Waals surface area contributed by atoms with Gasteiger partial charge in [0.15, 0.2) is 17.0 Å². The fourth-order valence-corrected chi connectivity index (χ4v) is 2.95. The van der Waals surface area contributed by atoms with E-state index >= 15 is 0 Å². The monoisotopic (exact) mass is 399 g/mol. The van der Waals surface area contributed by atoms with Gasteiger partial charge in [0.1, 0.15) is 24.0 Å². The molecule has 0 aliphatic rings. The lowest BCUT2D eigenvalue weighted by Crippen LogP contribution is -2.18. The smallest absolute Gasteiger partial charge is 0.299 e. The molecular formula is C19H18FN5O4. The number of methoxy groups -OCH3 is 1. The quantitative estimate of drug-likeness (QED) is 0.507. The highest BCUT2D eigenvalue weighted by Gasteiger charge is 2.18. The van der Waals surface area contributed by atoms with Crippen LogP contribution in [0.15, 0.2) is 39.6 Å². The summed E-state index contributed by atoms with van der Waals surface area (Å²) < 4.78 is 31.0. The van der Waals surface area contributed by atoms with Crippen LogP contribution in [0.5, 0.6) is 17.4 Å². The number of hydrogen-bond donors (Lipinski definition) is 1. The number of nitrogens with zero attached hydrogens (tertiary/aromatic N) is 4. The van der Waals surface area contributed by atoms with Gasteiger partial charge >= 0.3 is 0 Å². The fraction of sp³-hybridized carbons (Fsp3) is 0.263. The van der Waals surface area contributed by atoms with E-state index < -0.39 is 12.2 Å². The Hall–Kier alpha value is -3.69. The van der Waals surface area contributed by atoms with Crippen LogP contribution in [0.4, 0.5) is 4.39 Å². The molecule has 0 fully saturated rings. The number of ether oxygens (including phenoxy) is 2. The number of hydrogen-bond acceptors (Lipinski definition) is 7. The van der Waals surface area contributed by atoms with E-state index in [0.29, 0.717) is 23.7 Å². The zero-order valence-corrected chi connectivity index (χ0v) is 15.8. The minimum Gasteiger partial charge on any atom is -0.497 e. The standard InChI is InChI=1S/C19H18FN5O4/c1-3-7-25-14(10-20)21-19(26)16-18(25)23-17(22-16)13-9-15(24-29-13)28-12-6-4-5-11(8-12)27-2/h4-6,8-9H,3,7,10H2,1-2H3,(H,22,23). The summed E-state index contributed by atoms with van der Waals surface area (Å²) in [6.07, 6.45) is 0.732. The van der Waals surface area contributed by atoms with Gasteiger partial charge < -0.3 is 23.5 Å². The van der Waals surface area contributed by atoms with Crippen molar-refractivity contribution in [2.45, 2.75) is 26.6 Å². The van der Waals surface area contributed by atoms with Crippen molar-refractivity contribution in [3.05, 3.63) is 46.5 Å². The summed E-state index contributed by atoms with van der Waals surface area (Å²) in [5.41, 5.74) is -0.0791. The van der Waals surface area contributed by atoms with Crippen LogP contribution in [-0.2, 0) is 13.2 Å². The number of alkyl halides is 1. The van der Waals surface area contributed by atoms with Crippen LogP contribution >= 0.6 is 0 Å². The van der Waals surface area contributed by atoms with Gasteiger partial charge in [-0.2, -0.15) is 4.98 Å². The third-order valence-corrected chi connectivity index (χ3v) is 4.25. The van der Waals surface area contributed by atoms with Gasteiger partial charge in [-0.05, 0) is 23.7 Å². The van der Waals surface area contributed by atoms with Crippen LogP contribution in [-0.4, -0.2) is 31.8 Å². The first-order valence-electron chi connectivity index (χ1n) is 8.97. The van der Waals surface area contributed by atoms with Crippen molar-refractivity contribution in [3.8, 4) is 29.0 Å². The van der Waals surface area contributed by atoms with E-state index in [0.717, 1.165) is 6.42 Å². The van der Waals surface area contributed by atoms with Crippen molar-refractivity contribution in [2.24, 2.45) is 0 Å². The molecule has 9 nitrogen and oxygen atoms in total. The molecule has 1 N–H and O–H groups in total. The number of halogens is 1. The van der Waals surface area contributed by atoms with Gasteiger partial charge in [0, 0.05) is 12.6 Å². The Morgan fingerprint density at radius 2 is 2.07 bits per heavy atom. The van der Waals surface area contributed by atoms with Gasteiger partial charge in [0.05, 0.1) is 13.2 Å². The van der Waals surface area contributed by atoms with Crippen molar-refractivity contribution in [1.29, 1.82) is 0 Å². The summed E-state index contributed by atoms with van der Waals surface area (Å²) in [4.78, 5) is 23.3. The Kier molecular flexibility index (Phi) is 4.98. The Balaban J connectivity index is 1.69. The van der Waals surface area contributed by atoms with Gasteiger partial charge in [0.25, 0.3) is 11.4 Å². The van der Waals surface area contributed by atoms with Crippen LogP contribution in [0.3, 0.4) is 0 Å². The Bertz CT molecular complexity index is 1210. The summed E-state index contributed by atoms with van der Waals surface area (Å²) in [6, 6.07) is 8.57. The van der Waals surface area contributed by atoms with Gasteiger partial charge in [-0.1, -0.05) is 13.0 Å². The van der Waals surface area contributed by atoms with Crippen LogP contribution in [0, 0.1) is 0 Å². The summed E-state index contributed by atoms with van der Waals surface area (Å²) >= 11 is 0. The van der Waals surface area contributed by atoms with Crippen molar-refractivity contribution >= 4 is 11.2 Å². The summed E-state index contributed by atoms with van der Waals surface area (Å²) in [5.74, 6) is 1.95. The normalized spacial score (nSPS) is 11.1. The SMILES string of the molecule is CCCn1c(CF)nc(=O)c2[nH]c(-c3cc(Oc4cccc(OC)c4)no3)nc21. The van der Waals surface area contributed by atoms with E-state index in [1.165, 1.54) is 6.07 Å². The molecule has 4 aromatic rings. The lowest BCUT2D eigenvalue weighted by Gasteiger charge is -2.08. The molecule has 0 saturated carbocycles. The second-order valence-electron chi connectivity index (χ2n) is 6.21. The molecular weight excluding hydrogens is 381 g/mol. The number of rotatable bonds is 7. The fourth-order valence-electron chi connectivity index (χ4n) is 2.95. The van der Waals surface area contributed by atoms with E-state index in [-0.39, 0.29) is 28.8 Å². The van der Waals surface area contributed by atoms with E-state index in [2.05, 4.69) is 20.1 Å². The van der Waals surface area contributed by atoms with Crippen molar-refractivity contribution in [3.63, 3.8) is 0 Å². The number of nitrogens with one attached hydrogen (secondary N) is 1. The van der Waals surface area contributed by atoms with Gasteiger partial charge in [-0.3, -0.25) is 4.79 Å². The molecule has 0 saturated heterocycles. The van der Waals surface area contributed by atoms with Crippen LogP contribution in [0.2, 0.25) is 0 Å². The molecule has 3 aromatic heterocycles. The maximum atomic E-state index is 13.3. The van der Waals surface area contributed by atoms with Crippen molar-refractivity contribution < 1.29 is 18.4 Å². The van der Waals surface area contributed by atoms with E-state index in [9.17, 15) is 9.18 Å². The Labute approximate surface area is 164 Å². The van der Waals surface area contributed by atoms with Gasteiger partial charge in [0.2, 0.25) is 5.76 Å². The van der Waals surface area contributed by atoms with E-state index in [4.69, 9.17) is 14.0 Å². The maximum absolute atomic E-state index is 13.3. The maximum Gasteiger partial charge on any atom is 0.299 e. The average Bonchev–Trinajstić information content (AvgIpc) is 3.37. The van der Waals surface area contributed by atoms with Gasteiger partial charge in [-0.15, -0.1) is 0 Å². The molecule has 0 bridgehead atoms. The summed E-state index contributed by atoms with van der Waals surface area (Å²) in [5, 5.41) is 3.87. The molecule has 10 heteroatoms. The largest absolute Gasteiger partial charge is 0.497 e. The van der Waals surface area contributed by atoms with Crippen molar-refractivity contribution in [1.82, 2.24) is 24.7 Å². The van der Waals surface area contributed by atoms with Crippen molar-refractivity contribution in [2.75, 3.05) is 7.11 Å². The molecule has 3 heterocycles. The number of imidazole rings is 1. The molecule has 0 aliphatic carbocycles. The highest BCUT2D eigenvalue weighted by molar-refractivity contribution is 5.74. The average molecular weight is 399 g/mol. The molecule has 29 heavy (non-hydrogen) atoms. The summed E-state index contributed by atoms with van der Waals surface area (Å²) in [6.45, 7) is 1.57. The molecule has 0 spiro atoms. The van der Waals surface area contributed by atoms with Crippen LogP contribution < -0.4 is 15.0 Å². The zero-order chi connectivity index (χ0) is 20.4. The lowest BCUT2D eigenvalue weighted by atomic mass is 10.3. The highest BCUT2D eigenvalue weighted by Crippen LogP contribution is 2.28. The topological polar surface area (TPSA) is 108 Å². The predicted molar refractivity (Wildman–Crippen MR) is 102 cm³/mol. The minimum absolute atomic E-state index is 0.0435. The number of H-pyrrole nitrogens is 1. The molecule has 0 atom stereocenters. The second-order valence-corrected chi connectivity index (χ2v) is 6.21. The van der Waals surface area contributed by atoms with E-state index in [1.54, 1.807) is 35.9 Å². The first-order chi connectivity index (χ1) is 14.1. The number of aryl methyl sites for hydroxylation is 1. The number of fused-ring (bicyclic) bond motifs is 1. The Morgan fingerprint density at radius 1 is 1.24 bits per heavy atom. The molecule has 0 radical (unpaired) electrons. The first-order valence-corrected chi connectivity index (χ1v) is 8.97. The van der Waals surface area contributed by atoms with Crippen LogP contribution in [0.1, 0.15) is 19.2 Å². The number of aromatic nitrogens is 5. The molecule has 0 aliphatic heterocycles. The molecule has 1 aromatic carbocycles. The first kappa shape index (κ1) is 18.7. The zero-order valence-electron chi connectivity index (χ0n) is 15.8. The highest BCUT2D eigenvalue weighted by atomic mass is 19.1. The molecule has 0 amide bonds. The number of benzene rings is 1.